The Morgan fingerprint density at radius 3 is 2.33 bits per heavy atom. The Labute approximate surface area is 178 Å². The minimum absolute atomic E-state index is 0.0631. The average molecular weight is 418 g/mol. The molecule has 0 bridgehead atoms. The Kier molecular flexibility index (Phi) is 11.6. The second-order valence-corrected chi connectivity index (χ2v) is 7.81. The Morgan fingerprint density at radius 1 is 1.17 bits per heavy atom. The topological polar surface area (TPSA) is 60.2 Å². The van der Waals surface area contributed by atoms with E-state index in [0.717, 1.165) is 24.8 Å². The highest BCUT2D eigenvalue weighted by Crippen LogP contribution is 2.32. The quantitative estimate of drug-likeness (QED) is 0.667. The number of nitrogens with two attached hydrogens (primary N) is 1. The molecule has 2 aromatic rings. The van der Waals surface area contributed by atoms with E-state index in [0.29, 0.717) is 18.4 Å². The lowest BCUT2D eigenvalue weighted by atomic mass is 9.83. The summed E-state index contributed by atoms with van der Waals surface area (Å²) in [6, 6.07) is 14.3. The summed E-state index contributed by atoms with van der Waals surface area (Å²) in [5.41, 5.74) is 6.41. The molecule has 0 radical (unpaired) electrons. The van der Waals surface area contributed by atoms with Gasteiger partial charge in [0.15, 0.2) is 0 Å². The van der Waals surface area contributed by atoms with Crippen LogP contribution < -0.4 is 5.73 Å². The van der Waals surface area contributed by atoms with Gasteiger partial charge >= 0.3 is 0 Å². The molecule has 1 aliphatic rings. The molecule has 0 heterocycles. The third kappa shape index (κ3) is 10.3. The highest BCUT2D eigenvalue weighted by molar-refractivity contribution is 5.80. The summed E-state index contributed by atoms with van der Waals surface area (Å²) in [6.07, 6.45) is 5.10. The van der Waals surface area contributed by atoms with Gasteiger partial charge in [-0.05, 0) is 48.3 Å². The van der Waals surface area contributed by atoms with Crippen LogP contribution in [0.4, 0.5) is 8.78 Å². The van der Waals surface area contributed by atoms with Crippen LogP contribution in [0.1, 0.15) is 69.9 Å². The maximum absolute atomic E-state index is 13.4. The lowest BCUT2D eigenvalue weighted by Crippen LogP contribution is -2.14. The molecular weight excluding hydrogens is 384 g/mol. The zero-order chi connectivity index (χ0) is 22.5. The van der Waals surface area contributed by atoms with Crippen LogP contribution in [-0.4, -0.2) is 11.7 Å². The van der Waals surface area contributed by atoms with E-state index >= 15 is 0 Å². The second-order valence-electron chi connectivity index (χ2n) is 7.81. The molecule has 3 nitrogen and oxygen atoms in total. The van der Waals surface area contributed by atoms with Crippen LogP contribution >= 0.6 is 0 Å². The minimum atomic E-state index is -0.571. The normalized spacial score (nSPS) is 16.4. The van der Waals surface area contributed by atoms with Crippen LogP contribution in [0.25, 0.3) is 0 Å². The molecule has 0 aromatic heterocycles. The van der Waals surface area contributed by atoms with Crippen LogP contribution in [-0.2, 0) is 16.0 Å². The fourth-order valence-electron chi connectivity index (χ4n) is 3.28. The van der Waals surface area contributed by atoms with E-state index in [1.165, 1.54) is 37.5 Å². The number of benzene rings is 2. The third-order valence-corrected chi connectivity index (χ3v) is 5.01. The van der Waals surface area contributed by atoms with Gasteiger partial charge in [-0.15, -0.1) is 0 Å². The first kappa shape index (κ1) is 25.5. The van der Waals surface area contributed by atoms with Crippen molar-refractivity contribution in [1.82, 2.24) is 0 Å². The van der Waals surface area contributed by atoms with Crippen LogP contribution in [0.2, 0.25) is 0 Å². The molecule has 1 saturated carbocycles. The van der Waals surface area contributed by atoms with Crippen molar-refractivity contribution in [3.8, 4) is 0 Å². The smallest absolute Gasteiger partial charge is 0.214 e. The van der Waals surface area contributed by atoms with Gasteiger partial charge in [-0.3, -0.25) is 9.59 Å². The van der Waals surface area contributed by atoms with E-state index in [2.05, 4.69) is 49.9 Å². The summed E-state index contributed by atoms with van der Waals surface area (Å²) in [5.74, 6) is -0.507. The molecule has 2 unspecified atom stereocenters. The molecule has 1 amide bonds. The van der Waals surface area contributed by atoms with Gasteiger partial charge in [-0.25, -0.2) is 8.78 Å². The first-order chi connectivity index (χ1) is 14.2. The zero-order valence-electron chi connectivity index (χ0n) is 18.2. The molecule has 2 aromatic carbocycles. The van der Waals surface area contributed by atoms with Crippen LogP contribution in [0.15, 0.2) is 48.5 Å². The van der Waals surface area contributed by atoms with Crippen molar-refractivity contribution in [3.63, 3.8) is 0 Å². The Balaban J connectivity index is 0.000000264. The molecule has 3 rings (SSSR count). The molecule has 2 atom stereocenters. The van der Waals surface area contributed by atoms with E-state index < -0.39 is 11.6 Å². The number of Topliss-reactive ketones (excluding diaryl/α,β-unsaturated/α-hetero) is 1. The van der Waals surface area contributed by atoms with Crippen LogP contribution in [0.5, 0.6) is 0 Å². The van der Waals surface area contributed by atoms with Crippen molar-refractivity contribution < 1.29 is 18.4 Å². The SMILES string of the molecule is CC(N)=O.CCC(C)Cc1ccccc1.O=C1CCCC(c2ccc(F)cc2F)C1. The molecule has 0 aliphatic heterocycles. The van der Waals surface area contributed by atoms with Crippen LogP contribution in [0.3, 0.4) is 0 Å². The number of hydrogen-bond acceptors (Lipinski definition) is 2. The number of primary amides is 1. The number of carbonyl (C=O) groups is 2. The zero-order valence-corrected chi connectivity index (χ0v) is 18.2. The van der Waals surface area contributed by atoms with Crippen molar-refractivity contribution in [2.24, 2.45) is 11.7 Å². The van der Waals surface area contributed by atoms with Gasteiger partial charge in [0, 0.05) is 25.8 Å². The molecular formula is C25H33F2NO2. The first-order valence-electron chi connectivity index (χ1n) is 10.5. The van der Waals surface area contributed by atoms with Gasteiger partial charge in [-0.1, -0.05) is 56.7 Å². The first-order valence-corrected chi connectivity index (χ1v) is 10.5. The highest BCUT2D eigenvalue weighted by Gasteiger charge is 2.23. The average Bonchev–Trinajstić information content (AvgIpc) is 2.69. The second kappa shape index (κ2) is 13.6. The summed E-state index contributed by atoms with van der Waals surface area (Å²) in [4.78, 5) is 20.5. The van der Waals surface area contributed by atoms with E-state index in [9.17, 15) is 18.4 Å². The van der Waals surface area contributed by atoms with E-state index in [4.69, 9.17) is 0 Å². The summed E-state index contributed by atoms with van der Waals surface area (Å²) in [5, 5.41) is 0. The van der Waals surface area contributed by atoms with Crippen molar-refractivity contribution >= 4 is 11.7 Å². The van der Waals surface area contributed by atoms with Gasteiger partial charge in [0.1, 0.15) is 17.4 Å². The van der Waals surface area contributed by atoms with Gasteiger partial charge in [0.25, 0.3) is 0 Å². The number of hydrogen-bond donors (Lipinski definition) is 1. The van der Waals surface area contributed by atoms with Gasteiger partial charge in [0.05, 0.1) is 0 Å². The number of ketones is 1. The van der Waals surface area contributed by atoms with Gasteiger partial charge in [-0.2, -0.15) is 0 Å². The maximum atomic E-state index is 13.4. The van der Waals surface area contributed by atoms with Crippen molar-refractivity contribution in [2.45, 2.75) is 65.2 Å². The minimum Gasteiger partial charge on any atom is -0.370 e. The Bertz CT molecular complexity index is 789. The lowest BCUT2D eigenvalue weighted by Gasteiger charge is -2.21. The summed E-state index contributed by atoms with van der Waals surface area (Å²) >= 11 is 0. The largest absolute Gasteiger partial charge is 0.370 e. The standard InChI is InChI=1S/C12H12F2O.C11H16.C2H5NO/c13-9-4-5-11(12(14)7-9)8-2-1-3-10(15)6-8;1-3-10(2)9-11-7-5-4-6-8-11;1-2(3)4/h4-5,7-8H,1-3,6H2;4-8,10H,3,9H2,1-2H3;1H3,(H2,3,4). The van der Waals surface area contributed by atoms with E-state index in [1.807, 2.05) is 0 Å². The van der Waals surface area contributed by atoms with Gasteiger partial charge < -0.3 is 5.73 Å². The lowest BCUT2D eigenvalue weighted by molar-refractivity contribution is -0.120. The Morgan fingerprint density at radius 2 is 1.80 bits per heavy atom. The molecule has 0 saturated heterocycles. The van der Waals surface area contributed by atoms with Crippen molar-refractivity contribution in [1.29, 1.82) is 0 Å². The molecule has 1 fully saturated rings. The van der Waals surface area contributed by atoms with E-state index in [1.54, 1.807) is 0 Å². The fourth-order valence-corrected chi connectivity index (χ4v) is 3.28. The molecule has 30 heavy (non-hydrogen) atoms. The molecule has 2 N–H and O–H groups in total. The molecule has 164 valence electrons. The molecule has 1 aliphatic carbocycles. The van der Waals surface area contributed by atoms with Crippen LogP contribution in [0, 0.1) is 17.6 Å². The fraction of sp³-hybridized carbons (Fsp3) is 0.440. The number of rotatable bonds is 4. The number of halogens is 2. The monoisotopic (exact) mass is 417 g/mol. The predicted molar refractivity (Wildman–Crippen MR) is 117 cm³/mol. The van der Waals surface area contributed by atoms with E-state index in [-0.39, 0.29) is 17.6 Å². The maximum Gasteiger partial charge on any atom is 0.214 e. The van der Waals surface area contributed by atoms with Gasteiger partial charge in [0.2, 0.25) is 5.91 Å². The summed E-state index contributed by atoms with van der Waals surface area (Å²) in [7, 11) is 0. The Hall–Kier alpha value is -2.56. The summed E-state index contributed by atoms with van der Waals surface area (Å²) in [6.45, 7) is 5.85. The highest BCUT2D eigenvalue weighted by atomic mass is 19.1. The predicted octanol–water partition coefficient (Wildman–Crippen LogP) is 5.96. The third-order valence-electron chi connectivity index (χ3n) is 5.01. The summed E-state index contributed by atoms with van der Waals surface area (Å²) < 4.78 is 26.1. The number of amides is 1. The molecule has 5 heteroatoms. The van der Waals surface area contributed by atoms with Crippen molar-refractivity contribution in [3.05, 3.63) is 71.3 Å². The molecule has 0 spiro atoms. The number of carbonyl (C=O) groups excluding carboxylic acids is 2. The van der Waals surface area contributed by atoms with Crippen molar-refractivity contribution in [2.75, 3.05) is 0 Å².